The molecule has 3 N–H and O–H groups in total. The van der Waals surface area contributed by atoms with Gasteiger partial charge in [0.15, 0.2) is 0 Å². The third kappa shape index (κ3) is 5.66. The molecule has 1 atom stereocenters. The number of amides is 2. The molecule has 1 unspecified atom stereocenters. The number of primary amides is 1. The fraction of sp³-hybridized carbons (Fsp3) is 0.364. The maximum atomic E-state index is 12.2. The standard InChI is InChI=1S/C22H27N3O2/c23-22(27)20-12-6-14-25(20)16-18-10-4-11-19(15-18)24-21(26)13-5-9-17-7-2-1-3-8-17/h1-4,7-8,10-11,15,20H,5-6,9,12-14,16H2,(H2,23,27)(H,24,26). The van der Waals surface area contributed by atoms with E-state index in [0.717, 1.165) is 43.5 Å². The molecule has 2 aromatic rings. The average Bonchev–Trinajstić information content (AvgIpc) is 3.11. The minimum Gasteiger partial charge on any atom is -0.368 e. The number of nitrogens with zero attached hydrogens (tertiary/aromatic N) is 1. The highest BCUT2D eigenvalue weighted by Crippen LogP contribution is 2.21. The predicted molar refractivity (Wildman–Crippen MR) is 107 cm³/mol. The Kier molecular flexibility index (Phi) is 6.60. The summed E-state index contributed by atoms with van der Waals surface area (Å²) in [7, 11) is 0. The van der Waals surface area contributed by atoms with Crippen LogP contribution in [0.25, 0.3) is 0 Å². The lowest BCUT2D eigenvalue weighted by Crippen LogP contribution is -2.39. The number of carbonyl (C=O) groups excluding carboxylic acids is 2. The summed E-state index contributed by atoms with van der Waals surface area (Å²) in [5.41, 5.74) is 8.61. The number of hydrogen-bond donors (Lipinski definition) is 2. The number of carbonyl (C=O) groups is 2. The van der Waals surface area contributed by atoms with E-state index >= 15 is 0 Å². The summed E-state index contributed by atoms with van der Waals surface area (Å²) >= 11 is 0. The molecule has 2 amide bonds. The van der Waals surface area contributed by atoms with E-state index in [2.05, 4.69) is 22.3 Å². The van der Waals surface area contributed by atoms with E-state index in [0.29, 0.717) is 13.0 Å². The van der Waals surface area contributed by atoms with Gasteiger partial charge in [-0.15, -0.1) is 0 Å². The number of nitrogens with two attached hydrogens (primary N) is 1. The van der Waals surface area contributed by atoms with Gasteiger partial charge in [-0.1, -0.05) is 42.5 Å². The van der Waals surface area contributed by atoms with Crippen LogP contribution in [0.3, 0.4) is 0 Å². The number of nitrogens with one attached hydrogen (secondary N) is 1. The highest BCUT2D eigenvalue weighted by atomic mass is 16.2. The minimum atomic E-state index is -0.254. The molecule has 2 aromatic carbocycles. The first-order chi connectivity index (χ1) is 13.1. The van der Waals surface area contributed by atoms with Gasteiger partial charge in [-0.3, -0.25) is 14.5 Å². The first-order valence-corrected chi connectivity index (χ1v) is 9.58. The number of anilines is 1. The van der Waals surface area contributed by atoms with Crippen LogP contribution >= 0.6 is 0 Å². The Labute approximate surface area is 160 Å². The number of hydrogen-bond acceptors (Lipinski definition) is 3. The largest absolute Gasteiger partial charge is 0.368 e. The van der Waals surface area contributed by atoms with Crippen LogP contribution in [0.5, 0.6) is 0 Å². The van der Waals surface area contributed by atoms with Gasteiger partial charge in [0.2, 0.25) is 11.8 Å². The van der Waals surface area contributed by atoms with Crippen molar-refractivity contribution in [3.63, 3.8) is 0 Å². The molecule has 3 rings (SSSR count). The molecule has 0 saturated carbocycles. The Morgan fingerprint density at radius 2 is 1.85 bits per heavy atom. The Bertz CT molecular complexity index is 776. The lowest BCUT2D eigenvalue weighted by Gasteiger charge is -2.22. The summed E-state index contributed by atoms with van der Waals surface area (Å²) in [5.74, 6) is -0.227. The van der Waals surface area contributed by atoms with Crippen molar-refractivity contribution in [1.82, 2.24) is 4.90 Å². The van der Waals surface area contributed by atoms with Gasteiger partial charge in [-0.25, -0.2) is 0 Å². The van der Waals surface area contributed by atoms with Gasteiger partial charge in [0.05, 0.1) is 6.04 Å². The van der Waals surface area contributed by atoms with Gasteiger partial charge in [0.1, 0.15) is 0 Å². The molecule has 0 aromatic heterocycles. The fourth-order valence-electron chi connectivity index (χ4n) is 3.64. The van der Waals surface area contributed by atoms with E-state index in [4.69, 9.17) is 5.73 Å². The van der Waals surface area contributed by atoms with Gasteiger partial charge < -0.3 is 11.1 Å². The molecule has 1 saturated heterocycles. The Morgan fingerprint density at radius 3 is 2.63 bits per heavy atom. The lowest BCUT2D eigenvalue weighted by molar-refractivity contribution is -0.122. The van der Waals surface area contributed by atoms with Gasteiger partial charge in [-0.2, -0.15) is 0 Å². The van der Waals surface area contributed by atoms with E-state index in [1.165, 1.54) is 5.56 Å². The molecular formula is C22H27N3O2. The van der Waals surface area contributed by atoms with Crippen LogP contribution in [0.2, 0.25) is 0 Å². The molecule has 5 nitrogen and oxygen atoms in total. The summed E-state index contributed by atoms with van der Waals surface area (Å²) in [6.45, 7) is 1.55. The number of rotatable bonds is 8. The van der Waals surface area contributed by atoms with Gasteiger partial charge >= 0.3 is 0 Å². The van der Waals surface area contributed by atoms with Gasteiger partial charge in [-0.05, 0) is 55.5 Å². The fourth-order valence-corrected chi connectivity index (χ4v) is 3.64. The molecule has 0 radical (unpaired) electrons. The quantitative estimate of drug-likeness (QED) is 0.755. The topological polar surface area (TPSA) is 75.4 Å². The van der Waals surface area contributed by atoms with Crippen molar-refractivity contribution in [2.45, 2.75) is 44.7 Å². The Hall–Kier alpha value is -2.66. The zero-order valence-electron chi connectivity index (χ0n) is 15.6. The third-order valence-electron chi connectivity index (χ3n) is 5.00. The van der Waals surface area contributed by atoms with Crippen LogP contribution in [-0.2, 0) is 22.6 Å². The molecule has 0 bridgehead atoms. The van der Waals surface area contributed by atoms with Gasteiger partial charge in [0.25, 0.3) is 0 Å². The molecule has 1 heterocycles. The van der Waals surface area contributed by atoms with Crippen molar-refractivity contribution in [3.8, 4) is 0 Å². The van der Waals surface area contributed by atoms with Crippen LogP contribution in [0.1, 0.15) is 36.8 Å². The predicted octanol–water partition coefficient (Wildman–Crippen LogP) is 3.10. The van der Waals surface area contributed by atoms with Crippen molar-refractivity contribution in [3.05, 3.63) is 65.7 Å². The monoisotopic (exact) mass is 365 g/mol. The van der Waals surface area contributed by atoms with E-state index in [-0.39, 0.29) is 17.9 Å². The van der Waals surface area contributed by atoms with Crippen LogP contribution < -0.4 is 11.1 Å². The maximum Gasteiger partial charge on any atom is 0.234 e. The highest BCUT2D eigenvalue weighted by molar-refractivity contribution is 5.90. The van der Waals surface area contributed by atoms with E-state index in [1.54, 1.807) is 0 Å². The van der Waals surface area contributed by atoms with Crippen molar-refractivity contribution in [2.24, 2.45) is 5.73 Å². The SMILES string of the molecule is NC(=O)C1CCCN1Cc1cccc(NC(=O)CCCc2ccccc2)c1. The average molecular weight is 365 g/mol. The molecule has 1 aliphatic rings. The first-order valence-electron chi connectivity index (χ1n) is 9.58. The van der Waals surface area contributed by atoms with Gasteiger partial charge in [0, 0.05) is 18.7 Å². The summed E-state index contributed by atoms with van der Waals surface area (Å²) in [4.78, 5) is 25.9. The van der Waals surface area contributed by atoms with Crippen LogP contribution in [0.15, 0.2) is 54.6 Å². The molecule has 0 spiro atoms. The highest BCUT2D eigenvalue weighted by Gasteiger charge is 2.28. The van der Waals surface area contributed by atoms with Crippen molar-refractivity contribution in [1.29, 1.82) is 0 Å². The number of likely N-dealkylation sites (tertiary alicyclic amines) is 1. The van der Waals surface area contributed by atoms with E-state index in [1.807, 2.05) is 42.5 Å². The summed E-state index contributed by atoms with van der Waals surface area (Å²) in [6.07, 6.45) is 4.04. The van der Waals surface area contributed by atoms with Crippen molar-refractivity contribution in [2.75, 3.05) is 11.9 Å². The minimum absolute atomic E-state index is 0.0271. The molecule has 1 aliphatic heterocycles. The van der Waals surface area contributed by atoms with E-state index < -0.39 is 0 Å². The molecule has 142 valence electrons. The zero-order chi connectivity index (χ0) is 19.1. The normalized spacial score (nSPS) is 17.0. The zero-order valence-corrected chi connectivity index (χ0v) is 15.6. The number of aryl methyl sites for hydroxylation is 1. The molecule has 1 fully saturated rings. The molecular weight excluding hydrogens is 338 g/mol. The summed E-state index contributed by atoms with van der Waals surface area (Å²) in [5, 5.41) is 2.98. The molecule has 5 heteroatoms. The van der Waals surface area contributed by atoms with Crippen molar-refractivity contribution >= 4 is 17.5 Å². The van der Waals surface area contributed by atoms with E-state index in [9.17, 15) is 9.59 Å². The number of benzene rings is 2. The molecule has 27 heavy (non-hydrogen) atoms. The second-order valence-corrected chi connectivity index (χ2v) is 7.12. The Morgan fingerprint density at radius 1 is 1.07 bits per heavy atom. The third-order valence-corrected chi connectivity index (χ3v) is 5.00. The summed E-state index contributed by atoms with van der Waals surface area (Å²) < 4.78 is 0. The summed E-state index contributed by atoms with van der Waals surface area (Å²) in [6, 6.07) is 17.8. The van der Waals surface area contributed by atoms with Crippen LogP contribution in [0.4, 0.5) is 5.69 Å². The van der Waals surface area contributed by atoms with Crippen LogP contribution in [-0.4, -0.2) is 29.3 Å². The Balaban J connectivity index is 1.49. The maximum absolute atomic E-state index is 12.2. The second kappa shape index (κ2) is 9.33. The second-order valence-electron chi connectivity index (χ2n) is 7.12. The molecule has 0 aliphatic carbocycles. The lowest BCUT2D eigenvalue weighted by atomic mass is 10.1. The first kappa shape index (κ1) is 19.1. The van der Waals surface area contributed by atoms with Crippen molar-refractivity contribution < 1.29 is 9.59 Å². The smallest absolute Gasteiger partial charge is 0.234 e. The van der Waals surface area contributed by atoms with Crippen LogP contribution in [0, 0.1) is 0 Å².